The van der Waals surface area contributed by atoms with Gasteiger partial charge in [0.15, 0.2) is 0 Å². The molecule has 0 bridgehead atoms. The highest BCUT2D eigenvalue weighted by Crippen LogP contribution is 2.43. The van der Waals surface area contributed by atoms with E-state index in [-0.39, 0.29) is 36.2 Å². The molecule has 3 aromatic carbocycles. The maximum Gasteiger partial charge on any atom is 0.258 e. The summed E-state index contributed by atoms with van der Waals surface area (Å²) in [5.41, 5.74) is 2.43. The summed E-state index contributed by atoms with van der Waals surface area (Å²) >= 11 is 0. The van der Waals surface area contributed by atoms with E-state index < -0.39 is 5.66 Å². The largest absolute Gasteiger partial charge is 0.351 e. The summed E-state index contributed by atoms with van der Waals surface area (Å²) in [6.07, 6.45) is 0.835. The van der Waals surface area contributed by atoms with E-state index in [2.05, 4.69) is 29.6 Å². The molecule has 6 nitrogen and oxygen atoms in total. The van der Waals surface area contributed by atoms with Crippen molar-refractivity contribution in [3.63, 3.8) is 0 Å². The average molecular weight is 468 g/mol. The normalized spacial score (nSPS) is 20.0. The minimum atomic E-state index is -0.860. The average Bonchev–Trinajstić information content (AvgIpc) is 3.18. The van der Waals surface area contributed by atoms with Crippen molar-refractivity contribution in [1.29, 1.82) is 0 Å². The number of amides is 3. The molecule has 5 rings (SSSR count). The maximum absolute atomic E-state index is 13.5. The van der Waals surface area contributed by atoms with E-state index in [9.17, 15) is 14.4 Å². The molecule has 178 valence electrons. The predicted molar refractivity (Wildman–Crippen MR) is 135 cm³/mol. The Kier molecular flexibility index (Phi) is 5.89. The van der Waals surface area contributed by atoms with E-state index in [1.54, 1.807) is 28.0 Å². The van der Waals surface area contributed by atoms with Crippen LogP contribution in [0.15, 0.2) is 84.9 Å². The highest BCUT2D eigenvalue weighted by atomic mass is 16.2. The summed E-state index contributed by atoms with van der Waals surface area (Å²) in [5.74, 6) is -0.541. The third-order valence-corrected chi connectivity index (χ3v) is 7.25. The molecule has 2 unspecified atom stereocenters. The molecule has 0 saturated carbocycles. The first-order chi connectivity index (χ1) is 16.9. The van der Waals surface area contributed by atoms with Crippen LogP contribution >= 0.6 is 0 Å². The van der Waals surface area contributed by atoms with Gasteiger partial charge in [0.1, 0.15) is 12.2 Å². The second-order valence-electron chi connectivity index (χ2n) is 9.51. The van der Waals surface area contributed by atoms with Crippen molar-refractivity contribution in [3.8, 4) is 0 Å². The first-order valence-corrected chi connectivity index (χ1v) is 12.0. The molecule has 3 amide bonds. The Bertz CT molecular complexity index is 1220. The first kappa shape index (κ1) is 22.8. The van der Waals surface area contributed by atoms with Gasteiger partial charge in [-0.15, -0.1) is 0 Å². The molecule has 3 aromatic rings. The van der Waals surface area contributed by atoms with Crippen molar-refractivity contribution in [3.05, 3.63) is 102 Å². The molecule has 0 aliphatic carbocycles. The van der Waals surface area contributed by atoms with Crippen molar-refractivity contribution >= 4 is 23.4 Å². The van der Waals surface area contributed by atoms with Gasteiger partial charge in [-0.05, 0) is 43.5 Å². The van der Waals surface area contributed by atoms with Crippen LogP contribution in [0.3, 0.4) is 0 Å². The van der Waals surface area contributed by atoms with E-state index in [4.69, 9.17) is 0 Å². The minimum absolute atomic E-state index is 0.0283. The predicted octanol–water partition coefficient (Wildman–Crippen LogP) is 4.32. The van der Waals surface area contributed by atoms with Gasteiger partial charge >= 0.3 is 0 Å². The SMILES string of the molecule is CC(NC(=O)CN1C(=O)c2ccccc2N2C(=O)CCC12C)C(c1ccccc1)c1ccccc1. The van der Waals surface area contributed by atoms with Crippen LogP contribution in [0.4, 0.5) is 5.69 Å². The quantitative estimate of drug-likeness (QED) is 0.587. The lowest BCUT2D eigenvalue weighted by Crippen LogP contribution is -2.64. The highest BCUT2D eigenvalue weighted by molar-refractivity contribution is 6.11. The zero-order valence-electron chi connectivity index (χ0n) is 20.0. The first-order valence-electron chi connectivity index (χ1n) is 12.0. The van der Waals surface area contributed by atoms with Gasteiger partial charge in [-0.1, -0.05) is 72.8 Å². The Morgan fingerprint density at radius 3 is 2.11 bits per heavy atom. The van der Waals surface area contributed by atoms with E-state index in [1.165, 1.54) is 0 Å². The van der Waals surface area contributed by atoms with E-state index in [0.717, 1.165) is 11.1 Å². The Hall–Kier alpha value is -3.93. The number of carbonyl (C=O) groups excluding carboxylic acids is 3. The maximum atomic E-state index is 13.5. The number of benzene rings is 3. The summed E-state index contributed by atoms with van der Waals surface area (Å²) in [7, 11) is 0. The Balaban J connectivity index is 1.40. The van der Waals surface area contributed by atoms with Crippen LogP contribution in [0.2, 0.25) is 0 Å². The molecular formula is C29H29N3O3. The van der Waals surface area contributed by atoms with Gasteiger partial charge < -0.3 is 10.2 Å². The zero-order chi connectivity index (χ0) is 24.6. The molecule has 2 heterocycles. The molecule has 6 heteroatoms. The highest BCUT2D eigenvalue weighted by Gasteiger charge is 2.53. The van der Waals surface area contributed by atoms with Gasteiger partial charge in [0.05, 0.1) is 11.3 Å². The molecule has 0 spiro atoms. The summed E-state index contributed by atoms with van der Waals surface area (Å²) in [6.45, 7) is 3.75. The lowest BCUT2D eigenvalue weighted by Gasteiger charge is -2.48. The fourth-order valence-corrected chi connectivity index (χ4v) is 5.56. The standard InChI is InChI=1S/C29H29N3O3/c1-20(27(21-11-5-3-6-12-21)22-13-7-4-8-14-22)30-25(33)19-31-28(35)23-15-9-10-16-24(23)32-26(34)17-18-29(31,32)2/h3-16,20,27H,17-19H2,1-2H3,(H,30,33). The number of carbonyl (C=O) groups is 3. The summed E-state index contributed by atoms with van der Waals surface area (Å²) in [6, 6.07) is 27.1. The lowest BCUT2D eigenvalue weighted by molar-refractivity contribution is -0.124. The fourth-order valence-electron chi connectivity index (χ4n) is 5.56. The molecule has 1 fully saturated rings. The van der Waals surface area contributed by atoms with Crippen molar-refractivity contribution in [2.24, 2.45) is 0 Å². The fraction of sp³-hybridized carbons (Fsp3) is 0.276. The van der Waals surface area contributed by atoms with Crippen LogP contribution in [-0.4, -0.2) is 40.9 Å². The van der Waals surface area contributed by atoms with Crippen LogP contribution in [0, 0.1) is 0 Å². The molecule has 1 N–H and O–H groups in total. The van der Waals surface area contributed by atoms with Gasteiger partial charge in [0.25, 0.3) is 5.91 Å². The molecule has 0 radical (unpaired) electrons. The Morgan fingerprint density at radius 2 is 1.49 bits per heavy atom. The number of hydrogen-bond donors (Lipinski definition) is 1. The molecule has 0 aromatic heterocycles. The molecular weight excluding hydrogens is 438 g/mol. The molecule has 2 aliphatic heterocycles. The second-order valence-corrected chi connectivity index (χ2v) is 9.51. The third-order valence-electron chi connectivity index (χ3n) is 7.25. The summed E-state index contributed by atoms with van der Waals surface area (Å²) in [4.78, 5) is 42.9. The number of anilines is 1. The molecule has 35 heavy (non-hydrogen) atoms. The van der Waals surface area contributed by atoms with Crippen LogP contribution in [0.5, 0.6) is 0 Å². The monoisotopic (exact) mass is 467 g/mol. The van der Waals surface area contributed by atoms with Crippen LogP contribution in [0.25, 0.3) is 0 Å². The Labute approximate surface area is 205 Å². The minimum Gasteiger partial charge on any atom is -0.351 e. The number of nitrogens with one attached hydrogen (secondary N) is 1. The van der Waals surface area contributed by atoms with Crippen molar-refractivity contribution < 1.29 is 14.4 Å². The van der Waals surface area contributed by atoms with Crippen molar-refractivity contribution in [1.82, 2.24) is 10.2 Å². The number of nitrogens with zero attached hydrogens (tertiary/aromatic N) is 2. The Morgan fingerprint density at radius 1 is 0.914 bits per heavy atom. The third kappa shape index (κ3) is 3.99. The van der Waals surface area contributed by atoms with Crippen LogP contribution in [-0.2, 0) is 9.59 Å². The van der Waals surface area contributed by atoms with Crippen LogP contribution < -0.4 is 10.2 Å². The smallest absolute Gasteiger partial charge is 0.258 e. The van der Waals surface area contributed by atoms with E-state index in [1.807, 2.05) is 56.3 Å². The van der Waals surface area contributed by atoms with Crippen LogP contribution in [0.1, 0.15) is 54.1 Å². The topological polar surface area (TPSA) is 69.7 Å². The number of rotatable bonds is 6. The molecule has 2 atom stereocenters. The van der Waals surface area contributed by atoms with Gasteiger partial charge in [0, 0.05) is 18.4 Å². The van der Waals surface area contributed by atoms with Gasteiger partial charge in [-0.2, -0.15) is 0 Å². The van der Waals surface area contributed by atoms with Gasteiger partial charge in [0.2, 0.25) is 11.8 Å². The number of para-hydroxylation sites is 1. The molecule has 1 saturated heterocycles. The van der Waals surface area contributed by atoms with E-state index in [0.29, 0.717) is 24.1 Å². The van der Waals surface area contributed by atoms with Gasteiger partial charge in [-0.3, -0.25) is 19.3 Å². The number of hydrogen-bond acceptors (Lipinski definition) is 3. The van der Waals surface area contributed by atoms with Crippen molar-refractivity contribution in [2.75, 3.05) is 11.4 Å². The summed E-state index contributed by atoms with van der Waals surface area (Å²) in [5, 5.41) is 3.14. The van der Waals surface area contributed by atoms with Crippen molar-refractivity contribution in [2.45, 2.75) is 44.3 Å². The lowest BCUT2D eigenvalue weighted by atomic mass is 9.86. The van der Waals surface area contributed by atoms with Gasteiger partial charge in [-0.25, -0.2) is 0 Å². The second kappa shape index (κ2) is 9.02. The summed E-state index contributed by atoms with van der Waals surface area (Å²) < 4.78 is 0. The number of fused-ring (bicyclic) bond motifs is 3. The van der Waals surface area contributed by atoms with E-state index >= 15 is 0 Å². The zero-order valence-corrected chi connectivity index (χ0v) is 20.0. The molecule has 2 aliphatic rings.